The van der Waals surface area contributed by atoms with Crippen molar-refractivity contribution in [2.75, 3.05) is 57.4 Å². The van der Waals surface area contributed by atoms with Crippen LogP contribution in [-0.4, -0.2) is 217 Å². The van der Waals surface area contributed by atoms with Gasteiger partial charge in [0.25, 0.3) is 0 Å². The minimum atomic E-state index is -1.87. The van der Waals surface area contributed by atoms with E-state index in [-0.39, 0.29) is 167 Å². The molecule has 0 aromatic heterocycles. The summed E-state index contributed by atoms with van der Waals surface area (Å²) in [5, 5.41) is 30.7. The van der Waals surface area contributed by atoms with Gasteiger partial charge in [0.15, 0.2) is 0 Å². The second kappa shape index (κ2) is 74.1. The number of thioether (sulfide) groups is 1. The molecule has 1 aromatic carbocycles. The second-order valence-corrected chi connectivity index (χ2v) is 44.5. The van der Waals surface area contributed by atoms with Gasteiger partial charge in [0.05, 0.1) is 12.2 Å². The predicted molar refractivity (Wildman–Crippen MR) is 557 cm³/mol. The molecule has 6 atom stereocenters. The maximum absolute atomic E-state index is 15.8. The van der Waals surface area contributed by atoms with E-state index in [1.165, 1.54) is 110 Å². The van der Waals surface area contributed by atoms with Gasteiger partial charge >= 0.3 is 48.4 Å². The van der Waals surface area contributed by atoms with E-state index < -0.39 is 166 Å². The first-order chi connectivity index (χ1) is 66.8. The maximum atomic E-state index is 15.8. The Bertz CT molecular complexity index is 3700. The van der Waals surface area contributed by atoms with Gasteiger partial charge in [-0.2, -0.15) is 11.8 Å². The largest absolute Gasteiger partial charge is 0.462 e. The van der Waals surface area contributed by atoms with E-state index in [1.54, 1.807) is 155 Å². The van der Waals surface area contributed by atoms with Crippen LogP contribution in [0.3, 0.4) is 0 Å². The van der Waals surface area contributed by atoms with Crippen LogP contribution >= 0.6 is 11.8 Å². The fourth-order valence-electron chi connectivity index (χ4n) is 15.1. The Kier molecular flexibility index (Phi) is 68.4. The van der Waals surface area contributed by atoms with E-state index in [1.807, 2.05) is 0 Å². The Morgan fingerprint density at radius 2 is 0.620 bits per heavy atom. The van der Waals surface area contributed by atoms with Gasteiger partial charge in [-0.15, -0.1) is 0 Å². The fraction of sp³-hybridized carbons (Fsp3) is 0.813. The highest BCUT2D eigenvalue weighted by Crippen LogP contribution is 2.28. The van der Waals surface area contributed by atoms with Gasteiger partial charge in [0.1, 0.15) is 83.1 Å². The number of ether oxygens (including phenoxy) is 9. The normalized spacial score (nSPS) is 13.2. The fourth-order valence-corrected chi connectivity index (χ4v) is 16.1. The molecule has 0 aliphatic carbocycles. The molecule has 0 aliphatic rings. The van der Waals surface area contributed by atoms with Crippen molar-refractivity contribution in [2.24, 2.45) is 0 Å². The van der Waals surface area contributed by atoms with Crippen molar-refractivity contribution >= 4 is 95.6 Å². The molecule has 0 saturated heterocycles. The van der Waals surface area contributed by atoms with E-state index in [0.717, 1.165) is 63.1 Å². The summed E-state index contributed by atoms with van der Waals surface area (Å²) in [6, 6.07) is 1.31. The first-order valence-corrected chi connectivity index (χ1v) is 54.4. The maximum Gasteiger partial charge on any atom is 0.407 e. The Hall–Kier alpha value is -8.89. The van der Waals surface area contributed by atoms with Crippen molar-refractivity contribution in [1.29, 1.82) is 0 Å². The average molecular weight is 2030 g/mol. The van der Waals surface area contributed by atoms with Crippen LogP contribution < -0.4 is 58.5 Å². The van der Waals surface area contributed by atoms with Gasteiger partial charge in [-0.1, -0.05) is 198 Å². The highest BCUT2D eigenvalue weighted by atomic mass is 32.2. The van der Waals surface area contributed by atoms with Crippen molar-refractivity contribution < 1.29 is 110 Å². The van der Waals surface area contributed by atoms with E-state index >= 15 is 24.0 Å². The lowest BCUT2D eigenvalue weighted by Gasteiger charge is -2.35. The molecule has 11 amide bonds. The molecular weight excluding hydrogens is 1840 g/mol. The lowest BCUT2D eigenvalue weighted by atomic mass is 9.86. The quantitative estimate of drug-likeness (QED) is 0.0164. The number of hydrogen-bond acceptors (Lipinski definition) is 24. The van der Waals surface area contributed by atoms with Crippen LogP contribution in [0.5, 0.6) is 0 Å². The summed E-state index contributed by atoms with van der Waals surface area (Å²) in [6.45, 7) is 36.0. The Morgan fingerprint density at radius 1 is 0.310 bits per heavy atom. The molecule has 0 radical (unpaired) electrons. The lowest BCUT2D eigenvalue weighted by molar-refractivity contribution is -0.157. The van der Waals surface area contributed by atoms with Crippen LogP contribution in [0.15, 0.2) is 30.3 Å². The average Bonchev–Trinajstić information content (AvgIpc) is 0.810. The van der Waals surface area contributed by atoms with E-state index in [2.05, 4.69) is 72.3 Å². The number of amides is 11. The minimum Gasteiger partial charge on any atom is -0.462 e. The number of rotatable bonds is 76. The molecule has 11 N–H and O–H groups in total. The third-order valence-electron chi connectivity index (χ3n) is 22.3. The summed E-state index contributed by atoms with van der Waals surface area (Å²) < 4.78 is 51.6. The summed E-state index contributed by atoms with van der Waals surface area (Å²) in [4.78, 5) is 198. The van der Waals surface area contributed by atoms with Crippen molar-refractivity contribution in [1.82, 2.24) is 58.5 Å². The zero-order valence-electron chi connectivity index (χ0n) is 91.1. The molecule has 1 aromatic rings. The van der Waals surface area contributed by atoms with Crippen molar-refractivity contribution in [3.05, 3.63) is 35.9 Å². The van der Waals surface area contributed by atoms with Crippen molar-refractivity contribution in [3.8, 4) is 0 Å². The van der Waals surface area contributed by atoms with Gasteiger partial charge in [-0.05, 0) is 239 Å². The van der Waals surface area contributed by atoms with E-state index in [0.29, 0.717) is 18.4 Å². The summed E-state index contributed by atoms with van der Waals surface area (Å²) in [7, 11) is 0. The Labute approximate surface area is 856 Å². The van der Waals surface area contributed by atoms with Crippen molar-refractivity contribution in [3.63, 3.8) is 0 Å². The van der Waals surface area contributed by atoms with Gasteiger partial charge in [-0.25, -0.2) is 28.8 Å². The van der Waals surface area contributed by atoms with Gasteiger partial charge in [0.2, 0.25) is 35.4 Å². The first-order valence-electron chi connectivity index (χ1n) is 53.2. The molecule has 818 valence electrons. The first kappa shape index (κ1) is 131. The monoisotopic (exact) mass is 2030 g/mol. The highest BCUT2D eigenvalue weighted by molar-refractivity contribution is 7.99. The molecule has 0 unspecified atom stereocenters. The molecule has 34 nitrogen and oxygen atoms in total. The topological polar surface area (TPSA) is 454 Å². The molecule has 0 spiro atoms. The zero-order valence-corrected chi connectivity index (χ0v) is 91.9. The highest BCUT2D eigenvalue weighted by Gasteiger charge is 2.43. The molecule has 0 bridgehead atoms. The molecule has 1 rings (SSSR count). The van der Waals surface area contributed by atoms with Crippen LogP contribution in [0.4, 0.5) is 24.0 Å². The summed E-state index contributed by atoms with van der Waals surface area (Å²) in [6.07, 6.45) is 26.8. The zero-order chi connectivity index (χ0) is 106. The van der Waals surface area contributed by atoms with E-state index in [4.69, 9.17) is 42.6 Å². The SMILES string of the molecule is CCCCCCCCCCCCCCCC(=O)OC[C@H](CSC[C@H](NC(C)=O)C(=O)N[C@H](COC(C)(C)C)C(=O)N[C@@H](CCCCNC(=O)OC(C)(C)C)C(=O)N[C@@H](CCCCNC(=O)OC(C)(C)C)C(=O)N[C@@H](CCCCNC(=O)OC(C)(C)C)C(=O)NC(CCCCNC(=O)OC(C)(C)C)(CCCCNC(=O)OC(C)(C)C)C(=O)OCc1ccccc1)OC(=O)CCCCCCCCCCCCCCC. The molecule has 35 heteroatoms. The molecular formula is C107H191N11O23S. The number of benzene rings is 1. The lowest BCUT2D eigenvalue weighted by Crippen LogP contribution is -2.62. The van der Waals surface area contributed by atoms with Crippen molar-refractivity contribution in [2.45, 2.75) is 504 Å². The molecule has 0 aliphatic heterocycles. The van der Waals surface area contributed by atoms with Crippen LogP contribution in [0.25, 0.3) is 0 Å². The van der Waals surface area contributed by atoms with Crippen LogP contribution in [-0.2, 0) is 92.4 Å². The Morgan fingerprint density at radius 3 is 0.958 bits per heavy atom. The minimum absolute atomic E-state index is 0.0386. The van der Waals surface area contributed by atoms with Crippen LogP contribution in [0.2, 0.25) is 0 Å². The van der Waals surface area contributed by atoms with Crippen LogP contribution in [0.1, 0.15) is 427 Å². The van der Waals surface area contributed by atoms with Gasteiger partial charge in [-0.3, -0.25) is 38.4 Å². The number of carbonyl (C=O) groups excluding carboxylic acids is 14. The Balaban J connectivity index is 4.19. The third-order valence-corrected chi connectivity index (χ3v) is 23.5. The number of hydrogen-bond donors (Lipinski definition) is 11. The van der Waals surface area contributed by atoms with Crippen LogP contribution in [0, 0.1) is 0 Å². The van der Waals surface area contributed by atoms with Gasteiger partial charge < -0.3 is 101 Å². The number of esters is 3. The molecule has 0 fully saturated rings. The number of unbranched alkanes of at least 4 members (excludes halogenated alkanes) is 29. The number of nitrogens with one attached hydrogen (secondary N) is 11. The van der Waals surface area contributed by atoms with Gasteiger partial charge in [0, 0.05) is 64.0 Å². The third kappa shape index (κ3) is 74.1. The standard InChI is InChI=1S/C107H191N11O23S/c1-22-24-26-28-30-32-34-36-38-40-42-44-49-66-88(120)133-76-82(136-89(121)67-50-45-43-41-39-37-35-33-31-29-27-25-23-2)78-142-79-87(113-80(3)119)93(125)117-86(77-135-101(4,5)6)92(124)115-84(64-52-57-71-109-97(129)138-103(10,11)12)90(122)114-83(63-51-56-70-108-96(128)137-102(7,8)9)91(123)116-85(65-53-58-72-110-98(130)139-104(13,14)15)94(126)118-107(95(127)134-75-81-61-47-46-48-62-81,68-54-59-73-111-99(131)140-105(16,17)18)69-55-60-74-112-100(132)141-106(19,20)21/h46-48,61-62,82-87H,22-45,49-60,63-79H2,1-21H3,(H,108,128)(H,109,129)(H,110,130)(H,111,131)(H,112,132)(H,113,119)(H,114,122)(H,115,124)(H,116,123)(H,117,125)(H,118,126)/t82-,83+,84+,85+,86-,87+/m1/s1. The smallest absolute Gasteiger partial charge is 0.407 e. The predicted octanol–water partition coefficient (Wildman–Crippen LogP) is 19.5. The molecule has 0 saturated carbocycles. The number of alkyl carbamates (subject to hydrolysis) is 5. The summed E-state index contributed by atoms with van der Waals surface area (Å²) >= 11 is 1.15. The molecule has 0 heterocycles. The van der Waals surface area contributed by atoms with E-state index in [9.17, 15) is 43.2 Å². The summed E-state index contributed by atoms with van der Waals surface area (Å²) in [5.41, 5.74) is -6.33. The number of carbonyl (C=O) groups is 14. The summed E-state index contributed by atoms with van der Waals surface area (Å²) in [5.74, 6) is -6.90. The molecule has 142 heavy (non-hydrogen) atoms. The second-order valence-electron chi connectivity index (χ2n) is 43.4.